The van der Waals surface area contributed by atoms with Crippen LogP contribution in [0.15, 0.2) is 24.3 Å². The fraction of sp³-hybridized carbons (Fsp3) is 0.500. The summed E-state index contributed by atoms with van der Waals surface area (Å²) in [7, 11) is 0. The van der Waals surface area contributed by atoms with Gasteiger partial charge < -0.3 is 11.1 Å². The van der Waals surface area contributed by atoms with Crippen LogP contribution in [0.1, 0.15) is 44.1 Å². The van der Waals surface area contributed by atoms with Crippen molar-refractivity contribution in [3.8, 4) is 0 Å². The number of amides is 1. The molecule has 1 amide bonds. The van der Waals surface area contributed by atoms with Crippen LogP contribution >= 0.6 is 12.2 Å². The van der Waals surface area contributed by atoms with Gasteiger partial charge in [0.2, 0.25) is 5.91 Å². The summed E-state index contributed by atoms with van der Waals surface area (Å²) in [5.74, 6) is 0.691. The first-order valence-corrected chi connectivity index (χ1v) is 7.71. The maximum atomic E-state index is 12.0. The van der Waals surface area contributed by atoms with Crippen LogP contribution in [0, 0.1) is 5.92 Å². The Morgan fingerprint density at radius 2 is 1.85 bits per heavy atom. The number of carbonyl (C=O) groups is 1. The Kier molecular flexibility index (Phi) is 5.53. The molecule has 0 spiro atoms. The lowest BCUT2D eigenvalue weighted by Crippen LogP contribution is -2.18. The lowest BCUT2D eigenvalue weighted by atomic mass is 9.87. The van der Waals surface area contributed by atoms with Crippen LogP contribution in [-0.4, -0.2) is 10.9 Å². The minimum atomic E-state index is 0.124. The molecule has 4 heteroatoms. The lowest BCUT2D eigenvalue weighted by Gasteiger charge is -2.20. The maximum absolute atomic E-state index is 12.0. The Labute approximate surface area is 125 Å². The summed E-state index contributed by atoms with van der Waals surface area (Å²) in [4.78, 5) is 12.5. The van der Waals surface area contributed by atoms with Gasteiger partial charge in [-0.3, -0.25) is 4.79 Å². The molecule has 3 nitrogen and oxygen atoms in total. The van der Waals surface area contributed by atoms with Crippen molar-refractivity contribution in [1.29, 1.82) is 0 Å². The van der Waals surface area contributed by atoms with Crippen molar-refractivity contribution in [2.45, 2.75) is 44.9 Å². The molecule has 1 aliphatic rings. The van der Waals surface area contributed by atoms with Crippen LogP contribution in [0.25, 0.3) is 0 Å². The Morgan fingerprint density at radius 3 is 2.45 bits per heavy atom. The van der Waals surface area contributed by atoms with Crippen molar-refractivity contribution < 1.29 is 4.79 Å². The van der Waals surface area contributed by atoms with Gasteiger partial charge in [0, 0.05) is 18.5 Å². The van der Waals surface area contributed by atoms with Crippen molar-refractivity contribution in [2.24, 2.45) is 11.7 Å². The Morgan fingerprint density at radius 1 is 1.20 bits per heavy atom. The summed E-state index contributed by atoms with van der Waals surface area (Å²) >= 11 is 4.88. The highest BCUT2D eigenvalue weighted by atomic mass is 32.1. The van der Waals surface area contributed by atoms with E-state index in [-0.39, 0.29) is 5.91 Å². The van der Waals surface area contributed by atoms with E-state index < -0.39 is 0 Å². The quantitative estimate of drug-likeness (QED) is 0.817. The highest BCUT2D eigenvalue weighted by Gasteiger charge is 2.16. The fourth-order valence-electron chi connectivity index (χ4n) is 2.77. The molecular weight excluding hydrogens is 268 g/mol. The molecule has 0 radical (unpaired) electrons. The summed E-state index contributed by atoms with van der Waals surface area (Å²) in [5, 5.41) is 2.97. The van der Waals surface area contributed by atoms with E-state index in [9.17, 15) is 4.79 Å². The summed E-state index contributed by atoms with van der Waals surface area (Å²) in [6.07, 6.45) is 7.50. The molecule has 2 rings (SSSR count). The van der Waals surface area contributed by atoms with E-state index in [2.05, 4.69) is 5.32 Å². The van der Waals surface area contributed by atoms with E-state index in [0.717, 1.165) is 11.3 Å². The van der Waals surface area contributed by atoms with Gasteiger partial charge in [-0.1, -0.05) is 43.6 Å². The zero-order valence-electron chi connectivity index (χ0n) is 11.7. The summed E-state index contributed by atoms with van der Waals surface area (Å²) in [6, 6.07) is 7.73. The number of hydrogen-bond acceptors (Lipinski definition) is 2. The molecule has 0 aromatic heterocycles. The normalized spacial score (nSPS) is 15.8. The third-order valence-corrected chi connectivity index (χ3v) is 3.96. The molecular formula is C16H22N2OS. The van der Waals surface area contributed by atoms with Gasteiger partial charge in [-0.05, 0) is 36.5 Å². The van der Waals surface area contributed by atoms with Gasteiger partial charge in [0.1, 0.15) is 0 Å². The standard InChI is InChI=1S/C16H22N2OS/c17-15(20)10-13-6-8-14(9-7-13)18-16(19)11-12-4-2-1-3-5-12/h6-9,12H,1-5,10-11H2,(H2,17,20)(H,18,19). The molecule has 0 unspecified atom stereocenters. The van der Waals surface area contributed by atoms with Crippen molar-refractivity contribution in [2.75, 3.05) is 5.32 Å². The van der Waals surface area contributed by atoms with Gasteiger partial charge in [0.15, 0.2) is 0 Å². The third-order valence-electron chi connectivity index (χ3n) is 3.81. The molecule has 0 aliphatic heterocycles. The first-order chi connectivity index (χ1) is 9.63. The molecule has 0 bridgehead atoms. The molecule has 1 aromatic carbocycles. The van der Waals surface area contributed by atoms with Crippen molar-refractivity contribution in [1.82, 2.24) is 0 Å². The van der Waals surface area contributed by atoms with E-state index in [1.807, 2.05) is 24.3 Å². The first kappa shape index (κ1) is 15.0. The molecule has 1 aliphatic carbocycles. The number of rotatable bonds is 5. The van der Waals surface area contributed by atoms with Crippen molar-refractivity contribution >= 4 is 28.8 Å². The number of nitrogens with one attached hydrogen (secondary N) is 1. The molecule has 20 heavy (non-hydrogen) atoms. The summed E-state index contributed by atoms with van der Waals surface area (Å²) < 4.78 is 0. The number of benzene rings is 1. The van der Waals surface area contributed by atoms with Crippen LogP contribution in [0.2, 0.25) is 0 Å². The number of hydrogen-bond donors (Lipinski definition) is 2. The topological polar surface area (TPSA) is 55.1 Å². The number of nitrogens with two attached hydrogens (primary N) is 1. The molecule has 0 heterocycles. The van der Waals surface area contributed by atoms with Crippen LogP contribution < -0.4 is 11.1 Å². The second kappa shape index (κ2) is 7.39. The first-order valence-electron chi connectivity index (χ1n) is 7.30. The fourth-order valence-corrected chi connectivity index (χ4v) is 2.94. The molecule has 0 saturated heterocycles. The SMILES string of the molecule is NC(=S)Cc1ccc(NC(=O)CC2CCCCC2)cc1. The monoisotopic (exact) mass is 290 g/mol. The van der Waals surface area contributed by atoms with Crippen LogP contribution in [0.5, 0.6) is 0 Å². The molecule has 1 aromatic rings. The van der Waals surface area contributed by atoms with Crippen molar-refractivity contribution in [3.63, 3.8) is 0 Å². The number of thiocarbonyl (C=S) groups is 1. The second-order valence-electron chi connectivity index (χ2n) is 5.60. The van der Waals surface area contributed by atoms with Gasteiger partial charge in [-0.2, -0.15) is 0 Å². The minimum absolute atomic E-state index is 0.124. The molecule has 3 N–H and O–H groups in total. The predicted octanol–water partition coefficient (Wildman–Crippen LogP) is 3.42. The van der Waals surface area contributed by atoms with Gasteiger partial charge in [0.05, 0.1) is 4.99 Å². The zero-order valence-corrected chi connectivity index (χ0v) is 12.5. The van der Waals surface area contributed by atoms with Gasteiger partial charge in [-0.15, -0.1) is 0 Å². The average molecular weight is 290 g/mol. The van der Waals surface area contributed by atoms with E-state index in [1.165, 1.54) is 32.1 Å². The van der Waals surface area contributed by atoms with Crippen LogP contribution in [0.4, 0.5) is 5.69 Å². The molecule has 1 fully saturated rings. The lowest BCUT2D eigenvalue weighted by molar-refractivity contribution is -0.117. The number of anilines is 1. The second-order valence-corrected chi connectivity index (χ2v) is 6.12. The van der Waals surface area contributed by atoms with Gasteiger partial charge in [-0.25, -0.2) is 0 Å². The van der Waals surface area contributed by atoms with Gasteiger partial charge in [0.25, 0.3) is 0 Å². The third kappa shape index (κ3) is 4.93. The van der Waals surface area contributed by atoms with Crippen LogP contribution in [0.3, 0.4) is 0 Å². The summed E-state index contributed by atoms with van der Waals surface area (Å²) in [6.45, 7) is 0. The van der Waals surface area contributed by atoms with E-state index in [0.29, 0.717) is 23.7 Å². The average Bonchev–Trinajstić information content (AvgIpc) is 2.41. The molecule has 108 valence electrons. The van der Waals surface area contributed by atoms with E-state index >= 15 is 0 Å². The molecule has 1 saturated carbocycles. The minimum Gasteiger partial charge on any atom is -0.393 e. The van der Waals surface area contributed by atoms with Crippen LogP contribution in [-0.2, 0) is 11.2 Å². The molecule has 0 atom stereocenters. The summed E-state index contributed by atoms with van der Waals surface area (Å²) in [5.41, 5.74) is 7.43. The smallest absolute Gasteiger partial charge is 0.224 e. The van der Waals surface area contributed by atoms with Gasteiger partial charge >= 0.3 is 0 Å². The zero-order chi connectivity index (χ0) is 14.4. The Hall–Kier alpha value is -1.42. The Bertz CT molecular complexity index is 464. The number of carbonyl (C=O) groups excluding carboxylic acids is 1. The van der Waals surface area contributed by atoms with Crippen molar-refractivity contribution in [3.05, 3.63) is 29.8 Å². The highest BCUT2D eigenvalue weighted by Crippen LogP contribution is 2.26. The Balaban J connectivity index is 1.82. The maximum Gasteiger partial charge on any atom is 0.224 e. The van der Waals surface area contributed by atoms with E-state index in [1.54, 1.807) is 0 Å². The van der Waals surface area contributed by atoms with E-state index in [4.69, 9.17) is 18.0 Å². The predicted molar refractivity (Wildman–Crippen MR) is 86.8 cm³/mol. The largest absolute Gasteiger partial charge is 0.393 e. The highest BCUT2D eigenvalue weighted by molar-refractivity contribution is 7.80.